The highest BCUT2D eigenvalue weighted by Gasteiger charge is 2.51. The maximum Gasteiger partial charge on any atom is 0.411 e. The molecule has 4 aliphatic rings. The smallest absolute Gasteiger partial charge is 0.411 e. The fourth-order valence-corrected chi connectivity index (χ4v) is 10.5. The number of esters is 1. The number of fused-ring (bicyclic) bond motifs is 6. The lowest BCUT2D eigenvalue weighted by atomic mass is 9.81. The van der Waals surface area contributed by atoms with E-state index in [1.807, 2.05) is 49.7 Å². The molecule has 1 saturated heterocycles. The number of phenols is 3. The summed E-state index contributed by atoms with van der Waals surface area (Å²) >= 11 is 0. The van der Waals surface area contributed by atoms with E-state index in [2.05, 4.69) is 24.8 Å². The highest BCUT2D eigenvalue weighted by Crippen LogP contribution is 2.46. The third-order valence-corrected chi connectivity index (χ3v) is 14.3. The molecule has 16 heteroatoms. The number of nitrogens with one attached hydrogen (secondary N) is 1. The zero-order valence-electron chi connectivity index (χ0n) is 39.2. The van der Waals surface area contributed by atoms with Gasteiger partial charge in [0.2, 0.25) is 5.60 Å². The van der Waals surface area contributed by atoms with Gasteiger partial charge in [-0.2, -0.15) is 0 Å². The fourth-order valence-electron chi connectivity index (χ4n) is 10.5. The monoisotopic (exact) mass is 923 g/mol. The number of phenolic OH excluding ortho intramolecular Hbond substituents is 3. The lowest BCUT2D eigenvalue weighted by Gasteiger charge is -2.39. The Bertz CT molecular complexity index is 3080. The van der Waals surface area contributed by atoms with Gasteiger partial charge in [-0.05, 0) is 113 Å². The SMILES string of the molecule is CCC1=C2Cn3c(cc4c(c3=O)COC(=O)C4(CC)OC(=O)N3CCN(Cc4cc5cc(N(C(=N)c6cc(C(C)C)c(O)cc6O)C(N)=O)ccc5n4C)CC3)C2=CCC(C)c2ccc(O)cc21. The Hall–Kier alpha value is -7.33. The molecule has 2 unspecified atom stereocenters. The number of aryl methyl sites for hydroxylation is 1. The van der Waals surface area contributed by atoms with Crippen molar-refractivity contribution < 1.29 is 39.2 Å². The third-order valence-electron chi connectivity index (χ3n) is 14.3. The van der Waals surface area contributed by atoms with Gasteiger partial charge in [-0.1, -0.05) is 46.8 Å². The molecule has 0 saturated carbocycles. The Morgan fingerprint density at radius 1 is 0.985 bits per heavy atom. The quantitative estimate of drug-likeness (QED) is 0.0576. The number of aromatic nitrogens is 2. The summed E-state index contributed by atoms with van der Waals surface area (Å²) in [6, 6.07) is 16.3. The Balaban J connectivity index is 0.925. The van der Waals surface area contributed by atoms with E-state index in [4.69, 9.17) is 20.6 Å². The van der Waals surface area contributed by atoms with E-state index in [0.717, 1.165) is 55.4 Å². The molecule has 3 aromatic carbocycles. The Morgan fingerprint density at radius 3 is 2.43 bits per heavy atom. The van der Waals surface area contributed by atoms with Crippen molar-refractivity contribution in [3.63, 3.8) is 0 Å². The van der Waals surface area contributed by atoms with E-state index in [1.165, 1.54) is 6.07 Å². The molecular formula is C52H57N7O9. The van der Waals surface area contributed by atoms with Gasteiger partial charge in [0.25, 0.3) is 5.56 Å². The van der Waals surface area contributed by atoms with Crippen LogP contribution in [0.1, 0.15) is 110 Å². The zero-order valence-corrected chi connectivity index (χ0v) is 39.2. The van der Waals surface area contributed by atoms with Crippen molar-refractivity contribution >= 4 is 51.7 Å². The summed E-state index contributed by atoms with van der Waals surface area (Å²) in [7, 11) is 1.94. The van der Waals surface area contributed by atoms with Crippen LogP contribution in [0.25, 0.3) is 22.0 Å². The van der Waals surface area contributed by atoms with E-state index in [-0.39, 0.29) is 64.6 Å². The zero-order chi connectivity index (χ0) is 48.5. The van der Waals surface area contributed by atoms with E-state index < -0.39 is 23.7 Å². The third kappa shape index (κ3) is 7.56. The molecule has 1 fully saturated rings. The molecule has 0 spiro atoms. The van der Waals surface area contributed by atoms with Crippen molar-refractivity contribution in [2.24, 2.45) is 12.8 Å². The first kappa shape index (κ1) is 45.8. The molecule has 5 aromatic rings. The number of carbonyl (C=O) groups excluding carboxylic acids is 3. The highest BCUT2D eigenvalue weighted by molar-refractivity contribution is 6.22. The summed E-state index contributed by atoms with van der Waals surface area (Å²) in [6.07, 6.45) is 2.90. The number of urea groups is 1. The van der Waals surface area contributed by atoms with Crippen LogP contribution < -0.4 is 16.2 Å². The van der Waals surface area contributed by atoms with Crippen molar-refractivity contribution in [1.29, 1.82) is 5.41 Å². The fraction of sp³-hybridized carbons (Fsp3) is 0.365. The summed E-state index contributed by atoms with van der Waals surface area (Å²) in [5.41, 5.74) is 12.7. The lowest BCUT2D eigenvalue weighted by Crippen LogP contribution is -2.53. The molecule has 1 aliphatic carbocycles. The van der Waals surface area contributed by atoms with Crippen LogP contribution in [0.2, 0.25) is 0 Å². The average Bonchev–Trinajstić information content (AvgIpc) is 3.81. The highest BCUT2D eigenvalue weighted by atomic mass is 16.6. The summed E-state index contributed by atoms with van der Waals surface area (Å²) < 4.78 is 15.7. The first-order valence-corrected chi connectivity index (χ1v) is 23.2. The van der Waals surface area contributed by atoms with Gasteiger partial charge in [0.05, 0.1) is 29.1 Å². The molecule has 3 amide bonds. The van der Waals surface area contributed by atoms with Crippen molar-refractivity contribution in [1.82, 2.24) is 18.9 Å². The number of piperazine rings is 1. The molecule has 2 atom stereocenters. The minimum atomic E-state index is -1.84. The van der Waals surface area contributed by atoms with Crippen molar-refractivity contribution in [3.8, 4) is 17.2 Å². The average molecular weight is 924 g/mol. The van der Waals surface area contributed by atoms with Gasteiger partial charge in [0.15, 0.2) is 0 Å². The number of pyridine rings is 1. The number of rotatable bonds is 8. The van der Waals surface area contributed by atoms with Crippen LogP contribution in [0.15, 0.2) is 77.1 Å². The normalized spacial score (nSPS) is 19.1. The van der Waals surface area contributed by atoms with Crippen LogP contribution in [0, 0.1) is 5.41 Å². The van der Waals surface area contributed by atoms with Crippen molar-refractivity contribution in [3.05, 3.63) is 127 Å². The topological polar surface area (TPSA) is 217 Å². The molecule has 0 bridgehead atoms. The minimum absolute atomic E-state index is 0.0456. The number of nitrogens with zero attached hydrogens (tertiary/aromatic N) is 5. The summed E-state index contributed by atoms with van der Waals surface area (Å²) in [5.74, 6) is -1.33. The summed E-state index contributed by atoms with van der Waals surface area (Å²) in [5, 5.41) is 41.3. The van der Waals surface area contributed by atoms with Crippen molar-refractivity contribution in [2.75, 3.05) is 31.1 Å². The molecular weight excluding hydrogens is 867 g/mol. The van der Waals surface area contributed by atoms with Gasteiger partial charge >= 0.3 is 18.1 Å². The number of hydrogen-bond donors (Lipinski definition) is 5. The van der Waals surface area contributed by atoms with E-state index in [1.54, 1.807) is 40.7 Å². The maximum atomic E-state index is 14.4. The largest absolute Gasteiger partial charge is 0.508 e. The van der Waals surface area contributed by atoms with Gasteiger partial charge in [0.1, 0.15) is 29.7 Å². The van der Waals surface area contributed by atoms with E-state index >= 15 is 0 Å². The predicted molar refractivity (Wildman–Crippen MR) is 258 cm³/mol. The molecule has 354 valence electrons. The number of benzene rings is 3. The molecule has 16 nitrogen and oxygen atoms in total. The number of ether oxygens (including phenoxy) is 2. The van der Waals surface area contributed by atoms with Gasteiger partial charge in [-0.3, -0.25) is 15.1 Å². The number of nitrogens with two attached hydrogens (primary N) is 1. The number of allylic oxidation sites excluding steroid dienone is 4. The number of primary amides is 1. The second kappa shape index (κ2) is 17.4. The number of amidine groups is 1. The minimum Gasteiger partial charge on any atom is -0.508 e. The summed E-state index contributed by atoms with van der Waals surface area (Å²) in [4.78, 5) is 60.1. The van der Waals surface area contributed by atoms with Gasteiger partial charge in [0, 0.05) is 68.0 Å². The Morgan fingerprint density at radius 2 is 1.74 bits per heavy atom. The summed E-state index contributed by atoms with van der Waals surface area (Å²) in [6.45, 7) is 11.9. The molecule has 2 aromatic heterocycles. The number of anilines is 1. The number of aromatic hydroxyl groups is 3. The van der Waals surface area contributed by atoms with Crippen LogP contribution in [0.4, 0.5) is 15.3 Å². The molecule has 0 radical (unpaired) electrons. The number of carbonyl (C=O) groups is 3. The van der Waals surface area contributed by atoms with Crippen LogP contribution in [0.3, 0.4) is 0 Å². The Kier molecular flexibility index (Phi) is 11.7. The Labute approximate surface area is 393 Å². The van der Waals surface area contributed by atoms with Gasteiger partial charge in [-0.15, -0.1) is 0 Å². The van der Waals surface area contributed by atoms with Crippen LogP contribution in [-0.2, 0) is 46.6 Å². The van der Waals surface area contributed by atoms with Crippen LogP contribution >= 0.6 is 0 Å². The molecule has 9 rings (SSSR count). The molecule has 3 aliphatic heterocycles. The predicted octanol–water partition coefficient (Wildman–Crippen LogP) is 7.88. The standard InChI is InChI=1S/C52H57N7O9/c1-7-34-38-21-33(60)11-13-35(38)29(5)9-12-36-40(34)26-58-44(36)23-42-41(48(58)63)27-67-49(64)52(42,8-2)68-51(66)57-17-15-56(16-18-57)25-32-20-30-19-31(10-14-43(30)55(32)6)59(50(54)65)47(53)39-22-37(28(3)4)45(61)24-46(39)62/h10-14,19-24,28-29,53,60-62H,7-9,15-18,25-27H2,1-6H3,(H2,54,65). The first-order valence-electron chi connectivity index (χ1n) is 23.2. The second-order valence-electron chi connectivity index (χ2n) is 18.6. The van der Waals surface area contributed by atoms with Gasteiger partial charge in [-0.25, -0.2) is 19.3 Å². The molecule has 68 heavy (non-hydrogen) atoms. The second-order valence-corrected chi connectivity index (χ2v) is 18.6. The maximum absolute atomic E-state index is 14.4. The van der Waals surface area contributed by atoms with Gasteiger partial charge < -0.3 is 44.6 Å². The lowest BCUT2D eigenvalue weighted by molar-refractivity contribution is -0.173. The first-order chi connectivity index (χ1) is 32.5. The number of cyclic esters (lactones) is 1. The van der Waals surface area contributed by atoms with Crippen LogP contribution in [0.5, 0.6) is 17.2 Å². The number of amides is 3. The van der Waals surface area contributed by atoms with E-state index in [0.29, 0.717) is 74.6 Å². The van der Waals surface area contributed by atoms with E-state index in [9.17, 15) is 34.5 Å². The number of hydrogen-bond acceptors (Lipinski definition) is 11. The molecule has 5 heterocycles. The molecule has 6 N–H and O–H groups in total. The van der Waals surface area contributed by atoms with Crippen LogP contribution in [-0.4, -0.2) is 84.4 Å². The van der Waals surface area contributed by atoms with Crippen molar-refractivity contribution in [2.45, 2.75) is 91.0 Å².